The van der Waals surface area contributed by atoms with Gasteiger partial charge < -0.3 is 4.74 Å². The molecular weight excluding hydrogens is 300 g/mol. The second kappa shape index (κ2) is 6.20. The van der Waals surface area contributed by atoms with Gasteiger partial charge in [0.25, 0.3) is 0 Å². The second-order valence-electron chi connectivity index (χ2n) is 5.70. The highest BCUT2D eigenvalue weighted by atomic mass is 16.5. The van der Waals surface area contributed by atoms with Crippen LogP contribution in [-0.4, -0.2) is 22.6 Å². The van der Waals surface area contributed by atoms with E-state index in [2.05, 4.69) is 39.4 Å². The number of nitrogens with one attached hydrogen (secondary N) is 1. The third kappa shape index (κ3) is 2.76. The molecule has 1 aromatic carbocycles. The molecule has 5 heteroatoms. The van der Waals surface area contributed by atoms with Crippen LogP contribution in [0.3, 0.4) is 0 Å². The average molecular weight is 318 g/mol. The Hall–Kier alpha value is -3.08. The van der Waals surface area contributed by atoms with Crippen LogP contribution in [0, 0.1) is 0 Å². The minimum Gasteiger partial charge on any atom is -0.495 e. The molecule has 4 rings (SSSR count). The van der Waals surface area contributed by atoms with E-state index in [1.54, 1.807) is 13.3 Å². The first-order chi connectivity index (χ1) is 11.8. The molecule has 3 aromatic rings. The first kappa shape index (κ1) is 14.5. The average Bonchev–Trinajstić information content (AvgIpc) is 3.21. The number of fused-ring (bicyclic) bond motifs is 1. The molecule has 0 fully saturated rings. The first-order valence-electron chi connectivity index (χ1n) is 7.88. The molecule has 0 amide bonds. The van der Waals surface area contributed by atoms with Gasteiger partial charge in [0.15, 0.2) is 0 Å². The van der Waals surface area contributed by atoms with Crippen molar-refractivity contribution in [1.29, 1.82) is 0 Å². The summed E-state index contributed by atoms with van der Waals surface area (Å²) < 4.78 is 7.33. The third-order valence-electron chi connectivity index (χ3n) is 4.09. The zero-order valence-corrected chi connectivity index (χ0v) is 13.4. The lowest BCUT2D eigenvalue weighted by Crippen LogP contribution is -2.16. The molecule has 1 N–H and O–H groups in total. The molecule has 0 bridgehead atoms. The van der Waals surface area contributed by atoms with Gasteiger partial charge in [-0.25, -0.2) is 0 Å². The molecule has 0 spiro atoms. The Labute approximate surface area is 140 Å². The van der Waals surface area contributed by atoms with E-state index in [0.717, 1.165) is 29.3 Å². The number of pyridine rings is 1. The van der Waals surface area contributed by atoms with Gasteiger partial charge >= 0.3 is 0 Å². The quantitative estimate of drug-likeness (QED) is 0.803. The number of benzene rings is 1. The Balaban J connectivity index is 1.56. The normalized spacial score (nSPS) is 14.5. The lowest BCUT2D eigenvalue weighted by molar-refractivity contribution is 0.413. The summed E-state index contributed by atoms with van der Waals surface area (Å²) in [6, 6.07) is 16.5. The van der Waals surface area contributed by atoms with Gasteiger partial charge in [-0.2, -0.15) is 0 Å². The van der Waals surface area contributed by atoms with Crippen molar-refractivity contribution < 1.29 is 4.74 Å². The van der Waals surface area contributed by atoms with E-state index in [9.17, 15) is 0 Å². The molecule has 5 nitrogen and oxygen atoms in total. The molecule has 0 saturated heterocycles. The largest absolute Gasteiger partial charge is 0.495 e. The van der Waals surface area contributed by atoms with Gasteiger partial charge in [-0.1, -0.05) is 30.3 Å². The minimum absolute atomic E-state index is 0.685. The van der Waals surface area contributed by atoms with E-state index in [-0.39, 0.29) is 0 Å². The molecule has 0 atom stereocenters. The van der Waals surface area contributed by atoms with Gasteiger partial charge in [0.2, 0.25) is 0 Å². The summed E-state index contributed by atoms with van der Waals surface area (Å²) in [6.45, 7) is 0.685. The maximum Gasteiger partial charge on any atom is 0.137 e. The Morgan fingerprint density at radius 2 is 2.04 bits per heavy atom. The van der Waals surface area contributed by atoms with Crippen molar-refractivity contribution >= 4 is 5.84 Å². The summed E-state index contributed by atoms with van der Waals surface area (Å²) >= 11 is 0. The summed E-state index contributed by atoms with van der Waals surface area (Å²) in [4.78, 5) is 8.93. The molecule has 0 saturated carbocycles. The van der Waals surface area contributed by atoms with Gasteiger partial charge in [0.05, 0.1) is 25.5 Å². The molecule has 24 heavy (non-hydrogen) atoms. The van der Waals surface area contributed by atoms with Gasteiger partial charge in [-0.3, -0.25) is 20.1 Å². The van der Waals surface area contributed by atoms with Crippen LogP contribution in [0.5, 0.6) is 5.75 Å². The lowest BCUT2D eigenvalue weighted by atomic mass is 10.2. The highest BCUT2D eigenvalue weighted by molar-refractivity contribution is 5.94. The topological polar surface area (TPSA) is 51.4 Å². The van der Waals surface area contributed by atoms with Crippen LogP contribution < -0.4 is 10.2 Å². The predicted molar refractivity (Wildman–Crippen MR) is 94.9 cm³/mol. The van der Waals surface area contributed by atoms with Crippen LogP contribution in [-0.2, 0) is 13.0 Å². The van der Waals surface area contributed by atoms with Crippen LogP contribution in [0.25, 0.3) is 11.3 Å². The van der Waals surface area contributed by atoms with E-state index >= 15 is 0 Å². The highest BCUT2D eigenvalue weighted by Gasteiger charge is 2.19. The number of hydrogen-bond donors (Lipinski definition) is 1. The molecule has 1 aliphatic heterocycles. The minimum atomic E-state index is 0.685. The summed E-state index contributed by atoms with van der Waals surface area (Å²) in [5, 5.41) is 0. The van der Waals surface area contributed by atoms with Gasteiger partial charge in [-0.15, -0.1) is 0 Å². The number of aliphatic imine (C=N–C) groups is 1. The monoisotopic (exact) mass is 318 g/mol. The first-order valence-corrected chi connectivity index (χ1v) is 7.88. The van der Waals surface area contributed by atoms with Crippen LogP contribution in [0.15, 0.2) is 65.9 Å². The Kier molecular flexibility index (Phi) is 3.75. The summed E-state index contributed by atoms with van der Waals surface area (Å²) in [6.07, 6.45) is 4.35. The van der Waals surface area contributed by atoms with E-state index < -0.39 is 0 Å². The smallest absolute Gasteiger partial charge is 0.137 e. The fraction of sp³-hybridized carbons (Fsp3) is 0.158. The maximum atomic E-state index is 5.27. The van der Waals surface area contributed by atoms with Crippen LogP contribution in [0.2, 0.25) is 0 Å². The van der Waals surface area contributed by atoms with Crippen molar-refractivity contribution in [2.75, 3.05) is 12.5 Å². The number of rotatable bonds is 4. The fourth-order valence-corrected chi connectivity index (χ4v) is 2.85. The summed E-state index contributed by atoms with van der Waals surface area (Å²) in [7, 11) is 1.65. The number of amidine groups is 1. The molecule has 2 aromatic heterocycles. The molecule has 120 valence electrons. The zero-order valence-electron chi connectivity index (χ0n) is 13.4. The van der Waals surface area contributed by atoms with E-state index in [1.165, 1.54) is 11.3 Å². The standard InChI is InChI=1S/C19H18N4O/c1-24-17-9-15(12-20-13-17)18-8-7-16-10-19(22-23(16)18)21-11-14-5-3-2-4-6-14/h2-9,12-13H,10-11H2,1H3,(H,21,22). The molecule has 1 aliphatic rings. The number of methoxy groups -OCH3 is 1. The van der Waals surface area contributed by atoms with Crippen LogP contribution >= 0.6 is 0 Å². The van der Waals surface area contributed by atoms with Crippen molar-refractivity contribution in [3.8, 4) is 17.0 Å². The highest BCUT2D eigenvalue weighted by Crippen LogP contribution is 2.26. The lowest BCUT2D eigenvalue weighted by Gasteiger charge is -2.09. The van der Waals surface area contributed by atoms with Crippen LogP contribution in [0.1, 0.15) is 11.3 Å². The van der Waals surface area contributed by atoms with E-state index in [0.29, 0.717) is 6.54 Å². The predicted octanol–water partition coefficient (Wildman–Crippen LogP) is 3.26. The summed E-state index contributed by atoms with van der Waals surface area (Å²) in [5.41, 5.74) is 7.86. The Bertz CT molecular complexity index is 883. The van der Waals surface area contributed by atoms with Crippen molar-refractivity contribution in [2.24, 2.45) is 4.99 Å². The number of ether oxygens (including phenoxy) is 1. The molecule has 0 unspecified atom stereocenters. The number of hydrogen-bond acceptors (Lipinski definition) is 3. The van der Waals surface area contributed by atoms with E-state index in [4.69, 9.17) is 9.73 Å². The maximum absolute atomic E-state index is 5.27. The summed E-state index contributed by atoms with van der Waals surface area (Å²) in [5.74, 6) is 1.73. The van der Waals surface area contributed by atoms with Crippen molar-refractivity contribution in [3.05, 3.63) is 72.2 Å². The van der Waals surface area contributed by atoms with Crippen LogP contribution in [0.4, 0.5) is 0 Å². The van der Waals surface area contributed by atoms with E-state index in [1.807, 2.05) is 30.5 Å². The molecule has 3 heterocycles. The van der Waals surface area contributed by atoms with Gasteiger partial charge in [0.1, 0.15) is 11.6 Å². The SMILES string of the molecule is COc1cncc(-c2ccc3n2NC(=NCc2ccccc2)C3)c1. The Morgan fingerprint density at radius 1 is 1.17 bits per heavy atom. The molecule has 0 aliphatic carbocycles. The number of nitrogens with zero attached hydrogens (tertiary/aromatic N) is 3. The van der Waals surface area contributed by atoms with Gasteiger partial charge in [0, 0.05) is 23.9 Å². The zero-order chi connectivity index (χ0) is 16.4. The second-order valence-corrected chi connectivity index (χ2v) is 5.70. The van der Waals surface area contributed by atoms with Crippen molar-refractivity contribution in [2.45, 2.75) is 13.0 Å². The van der Waals surface area contributed by atoms with Crippen molar-refractivity contribution in [1.82, 2.24) is 9.66 Å². The molecule has 0 radical (unpaired) electrons. The Morgan fingerprint density at radius 3 is 2.88 bits per heavy atom. The number of aromatic nitrogens is 2. The van der Waals surface area contributed by atoms with Gasteiger partial charge in [-0.05, 0) is 23.8 Å². The third-order valence-corrected chi connectivity index (χ3v) is 4.09. The molecular formula is C19H18N4O. The van der Waals surface area contributed by atoms with Crippen molar-refractivity contribution in [3.63, 3.8) is 0 Å². The fourth-order valence-electron chi connectivity index (χ4n) is 2.85.